The standard InChI is InChI=1S/C19H18Cl2N2O5S/c20-14-6-7-17(16(21)11-14)22-18(24)12-28-19(25)13-4-3-5-15(10-13)29(26,27)23-8-1-2-9-23/h3-7,10-11H,1-2,8-9,12H2,(H,22,24). The summed E-state index contributed by atoms with van der Waals surface area (Å²) in [5, 5.41) is 3.17. The van der Waals surface area contributed by atoms with Gasteiger partial charge in [-0.3, -0.25) is 4.79 Å². The smallest absolute Gasteiger partial charge is 0.338 e. The summed E-state index contributed by atoms with van der Waals surface area (Å²) in [5.41, 5.74) is 0.374. The van der Waals surface area contributed by atoms with E-state index in [1.807, 2.05) is 0 Å². The fraction of sp³-hybridized carbons (Fsp3) is 0.263. The van der Waals surface area contributed by atoms with Gasteiger partial charge in [0.2, 0.25) is 10.0 Å². The summed E-state index contributed by atoms with van der Waals surface area (Å²) in [4.78, 5) is 24.3. The van der Waals surface area contributed by atoms with Gasteiger partial charge in [-0.05, 0) is 49.2 Å². The average molecular weight is 457 g/mol. The van der Waals surface area contributed by atoms with Crippen molar-refractivity contribution < 1.29 is 22.7 Å². The maximum Gasteiger partial charge on any atom is 0.338 e. The molecule has 1 saturated heterocycles. The number of hydrogen-bond acceptors (Lipinski definition) is 5. The fourth-order valence-corrected chi connectivity index (χ4v) is 4.87. The number of rotatable bonds is 6. The van der Waals surface area contributed by atoms with Crippen LogP contribution >= 0.6 is 23.2 Å². The number of nitrogens with zero attached hydrogens (tertiary/aromatic N) is 1. The Balaban J connectivity index is 1.63. The minimum absolute atomic E-state index is 0.0197. The minimum Gasteiger partial charge on any atom is -0.452 e. The van der Waals surface area contributed by atoms with Crippen molar-refractivity contribution in [3.8, 4) is 0 Å². The molecule has 1 fully saturated rings. The van der Waals surface area contributed by atoms with Crippen molar-refractivity contribution >= 4 is 50.8 Å². The van der Waals surface area contributed by atoms with E-state index in [-0.39, 0.29) is 15.5 Å². The summed E-state index contributed by atoms with van der Waals surface area (Å²) in [5.74, 6) is -1.40. The van der Waals surface area contributed by atoms with E-state index in [0.29, 0.717) is 23.8 Å². The van der Waals surface area contributed by atoms with Gasteiger partial charge in [-0.2, -0.15) is 4.31 Å². The van der Waals surface area contributed by atoms with Gasteiger partial charge < -0.3 is 10.1 Å². The van der Waals surface area contributed by atoms with Gasteiger partial charge in [0.15, 0.2) is 6.61 Å². The van der Waals surface area contributed by atoms with Crippen molar-refractivity contribution in [2.24, 2.45) is 0 Å². The minimum atomic E-state index is -3.65. The third kappa shape index (κ3) is 5.27. The van der Waals surface area contributed by atoms with Crippen LogP contribution < -0.4 is 5.32 Å². The number of benzene rings is 2. The fourth-order valence-electron chi connectivity index (χ4n) is 2.85. The molecule has 0 aromatic heterocycles. The first-order valence-corrected chi connectivity index (χ1v) is 11.0. The Hall–Kier alpha value is -2.13. The van der Waals surface area contributed by atoms with Crippen LogP contribution in [0.4, 0.5) is 5.69 Å². The van der Waals surface area contributed by atoms with Crippen LogP contribution in [0.2, 0.25) is 10.0 Å². The first-order valence-electron chi connectivity index (χ1n) is 8.79. The van der Waals surface area contributed by atoms with Crippen LogP contribution in [0.5, 0.6) is 0 Å². The first-order chi connectivity index (χ1) is 13.8. The highest BCUT2D eigenvalue weighted by atomic mass is 35.5. The topological polar surface area (TPSA) is 92.8 Å². The van der Waals surface area contributed by atoms with Crippen molar-refractivity contribution in [1.82, 2.24) is 4.31 Å². The average Bonchev–Trinajstić information content (AvgIpc) is 3.24. The van der Waals surface area contributed by atoms with Gasteiger partial charge in [0, 0.05) is 18.1 Å². The molecular weight excluding hydrogens is 439 g/mol. The molecule has 1 amide bonds. The zero-order valence-electron chi connectivity index (χ0n) is 15.2. The molecule has 29 heavy (non-hydrogen) atoms. The van der Waals surface area contributed by atoms with E-state index in [9.17, 15) is 18.0 Å². The molecule has 1 heterocycles. The molecule has 0 saturated carbocycles. The van der Waals surface area contributed by atoms with Gasteiger partial charge in [-0.15, -0.1) is 0 Å². The summed E-state index contributed by atoms with van der Waals surface area (Å²) < 4.78 is 31.6. The second-order valence-corrected chi connectivity index (χ2v) is 9.17. The van der Waals surface area contributed by atoms with E-state index in [1.165, 1.54) is 40.7 Å². The highest BCUT2D eigenvalue weighted by molar-refractivity contribution is 7.89. The number of carbonyl (C=O) groups excluding carboxylic acids is 2. The predicted octanol–water partition coefficient (Wildman–Crippen LogP) is 3.57. The van der Waals surface area contributed by atoms with Gasteiger partial charge in [-0.25, -0.2) is 13.2 Å². The van der Waals surface area contributed by atoms with Crippen LogP contribution in [0.1, 0.15) is 23.2 Å². The highest BCUT2D eigenvalue weighted by Gasteiger charge is 2.27. The number of amides is 1. The summed E-state index contributed by atoms with van der Waals surface area (Å²) in [7, 11) is -3.65. The molecule has 10 heteroatoms. The van der Waals surface area contributed by atoms with Crippen molar-refractivity contribution in [3.63, 3.8) is 0 Å². The quantitative estimate of drug-likeness (QED) is 0.670. The van der Waals surface area contributed by atoms with E-state index in [0.717, 1.165) is 12.8 Å². The summed E-state index contributed by atoms with van der Waals surface area (Å²) >= 11 is 11.8. The summed E-state index contributed by atoms with van der Waals surface area (Å²) in [6, 6.07) is 10.1. The maximum atomic E-state index is 12.6. The molecule has 2 aromatic rings. The summed E-state index contributed by atoms with van der Waals surface area (Å²) in [6.07, 6.45) is 1.63. The van der Waals surface area contributed by atoms with Gasteiger partial charge in [0.1, 0.15) is 0 Å². The Morgan fingerprint density at radius 1 is 1.07 bits per heavy atom. The molecule has 0 bridgehead atoms. The molecule has 7 nitrogen and oxygen atoms in total. The number of ether oxygens (including phenoxy) is 1. The van der Waals surface area contributed by atoms with E-state index in [2.05, 4.69) is 5.32 Å². The maximum absolute atomic E-state index is 12.6. The molecule has 1 aliphatic heterocycles. The first kappa shape index (κ1) is 21.6. The molecule has 2 aromatic carbocycles. The van der Waals surface area contributed by atoms with Crippen LogP contribution in [-0.2, 0) is 19.6 Å². The number of anilines is 1. The van der Waals surface area contributed by atoms with E-state index in [1.54, 1.807) is 6.07 Å². The van der Waals surface area contributed by atoms with Crippen LogP contribution in [0.15, 0.2) is 47.4 Å². The van der Waals surface area contributed by atoms with Gasteiger partial charge in [0.05, 0.1) is 21.2 Å². The molecule has 0 radical (unpaired) electrons. The zero-order chi connectivity index (χ0) is 21.0. The lowest BCUT2D eigenvalue weighted by molar-refractivity contribution is -0.119. The van der Waals surface area contributed by atoms with Crippen LogP contribution in [0.25, 0.3) is 0 Å². The van der Waals surface area contributed by atoms with Crippen LogP contribution in [0, 0.1) is 0 Å². The predicted molar refractivity (Wildman–Crippen MR) is 110 cm³/mol. The van der Waals surface area contributed by atoms with Crippen LogP contribution in [-0.4, -0.2) is 44.3 Å². The Kier molecular flexibility index (Phi) is 6.79. The normalized spacial score (nSPS) is 14.6. The second kappa shape index (κ2) is 9.13. The third-order valence-electron chi connectivity index (χ3n) is 4.31. The zero-order valence-corrected chi connectivity index (χ0v) is 17.6. The van der Waals surface area contributed by atoms with Crippen molar-refractivity contribution in [1.29, 1.82) is 0 Å². The van der Waals surface area contributed by atoms with Gasteiger partial charge in [-0.1, -0.05) is 29.3 Å². The number of carbonyl (C=O) groups is 2. The number of esters is 1. The second-order valence-electron chi connectivity index (χ2n) is 6.39. The molecule has 0 unspecified atom stereocenters. The van der Waals surface area contributed by atoms with Gasteiger partial charge in [0.25, 0.3) is 5.91 Å². The number of nitrogens with one attached hydrogen (secondary N) is 1. The Morgan fingerprint density at radius 2 is 1.79 bits per heavy atom. The molecule has 154 valence electrons. The SMILES string of the molecule is O=C(COC(=O)c1cccc(S(=O)(=O)N2CCCC2)c1)Nc1ccc(Cl)cc1Cl. The molecule has 1 aliphatic rings. The molecule has 0 spiro atoms. The van der Waals surface area contributed by atoms with Crippen LogP contribution in [0.3, 0.4) is 0 Å². The molecule has 0 aliphatic carbocycles. The molecule has 1 N–H and O–H groups in total. The Morgan fingerprint density at radius 3 is 2.48 bits per heavy atom. The van der Waals surface area contributed by atoms with Crippen molar-refractivity contribution in [2.75, 3.05) is 25.0 Å². The largest absolute Gasteiger partial charge is 0.452 e. The van der Waals surface area contributed by atoms with E-state index in [4.69, 9.17) is 27.9 Å². The van der Waals surface area contributed by atoms with Gasteiger partial charge >= 0.3 is 5.97 Å². The Labute approximate surface area is 178 Å². The lowest BCUT2D eigenvalue weighted by Crippen LogP contribution is -2.28. The number of hydrogen-bond donors (Lipinski definition) is 1. The lowest BCUT2D eigenvalue weighted by atomic mass is 10.2. The third-order valence-corrected chi connectivity index (χ3v) is 6.75. The molecular formula is C19H18Cl2N2O5S. The van der Waals surface area contributed by atoms with Crippen molar-refractivity contribution in [3.05, 3.63) is 58.1 Å². The number of halogens is 2. The van der Waals surface area contributed by atoms with Crippen molar-refractivity contribution in [2.45, 2.75) is 17.7 Å². The van der Waals surface area contributed by atoms with E-state index < -0.39 is 28.5 Å². The molecule has 0 atom stereocenters. The summed E-state index contributed by atoms with van der Waals surface area (Å²) in [6.45, 7) is 0.371. The lowest BCUT2D eigenvalue weighted by Gasteiger charge is -2.15. The number of sulfonamides is 1. The highest BCUT2D eigenvalue weighted by Crippen LogP contribution is 2.25. The Bertz CT molecular complexity index is 1040. The molecule has 3 rings (SSSR count). The van der Waals surface area contributed by atoms with E-state index >= 15 is 0 Å². The monoisotopic (exact) mass is 456 g/mol.